The van der Waals surface area contributed by atoms with Crippen molar-refractivity contribution in [3.63, 3.8) is 0 Å². The van der Waals surface area contributed by atoms with Gasteiger partial charge in [0.2, 0.25) is 35.4 Å². The maximum absolute atomic E-state index is 13.7. The molecule has 2 aliphatic rings. The lowest BCUT2D eigenvalue weighted by Gasteiger charge is -2.33. The van der Waals surface area contributed by atoms with Crippen LogP contribution in [0.25, 0.3) is 0 Å². The van der Waals surface area contributed by atoms with Crippen molar-refractivity contribution in [3.05, 3.63) is 0 Å². The minimum atomic E-state index is -1.65. The highest BCUT2D eigenvalue weighted by Crippen LogP contribution is 2.26. The van der Waals surface area contributed by atoms with Gasteiger partial charge < -0.3 is 57.2 Å². The van der Waals surface area contributed by atoms with Gasteiger partial charge in [-0.1, -0.05) is 13.8 Å². The molecule has 2 heterocycles. The summed E-state index contributed by atoms with van der Waals surface area (Å²) in [6, 6.07) is -8.88. The molecule has 52 heavy (non-hydrogen) atoms. The second-order valence-corrected chi connectivity index (χ2v) is 15.0. The van der Waals surface area contributed by atoms with Gasteiger partial charge >= 0.3 is 5.97 Å². The van der Waals surface area contributed by atoms with Crippen molar-refractivity contribution in [2.75, 3.05) is 25.1 Å². The Morgan fingerprint density at radius 3 is 1.75 bits per heavy atom. The zero-order valence-corrected chi connectivity index (χ0v) is 31.6. The second-order valence-electron chi connectivity index (χ2n) is 14.0. The van der Waals surface area contributed by atoms with E-state index in [1.165, 1.54) is 42.3 Å². The second kappa shape index (κ2) is 20.6. The van der Waals surface area contributed by atoms with Crippen molar-refractivity contribution in [2.24, 2.45) is 11.7 Å². The highest BCUT2D eigenvalue weighted by atomic mass is 32.2. The van der Waals surface area contributed by atoms with Crippen LogP contribution < -0.4 is 27.0 Å². The Morgan fingerprint density at radius 2 is 1.23 bits per heavy atom. The summed E-state index contributed by atoms with van der Waals surface area (Å²) in [5.41, 5.74) is 5.74. The molecule has 0 saturated carbocycles. The van der Waals surface area contributed by atoms with Gasteiger partial charge in [0.1, 0.15) is 42.3 Å². The van der Waals surface area contributed by atoms with E-state index in [0.717, 1.165) is 0 Å². The van der Waals surface area contributed by atoms with Gasteiger partial charge in [0.25, 0.3) is 0 Å². The van der Waals surface area contributed by atoms with Gasteiger partial charge in [-0.15, -0.1) is 0 Å². The highest BCUT2D eigenvalue weighted by molar-refractivity contribution is 7.98. The zero-order valence-electron chi connectivity index (χ0n) is 30.7. The largest absolute Gasteiger partial charge is 0.480 e. The summed E-state index contributed by atoms with van der Waals surface area (Å²) in [7, 11) is 0. The average molecular weight is 760 g/mol. The number of hydrogen-bond acceptors (Lipinski definition) is 12. The number of thioether (sulfide) groups is 1. The van der Waals surface area contributed by atoms with Crippen LogP contribution in [0.5, 0.6) is 0 Å². The molecule has 10 N–H and O–H groups in total. The van der Waals surface area contributed by atoms with E-state index in [0.29, 0.717) is 18.6 Å². The van der Waals surface area contributed by atoms with Crippen molar-refractivity contribution in [2.45, 2.75) is 134 Å². The van der Waals surface area contributed by atoms with Crippen LogP contribution in [0, 0.1) is 5.92 Å². The Kier molecular flexibility index (Phi) is 17.7. The number of hydrogen-bond donors (Lipinski definition) is 9. The standard InChI is InChI=1S/C33H57N7O11S/c1-16(2)15-21(36-29(46)24(34)17(3)41)28(45)35-20(11-14-52-6)27(44)37-25(18(4)42)30(47)38-26(19(5)43)32(49)39-12-7-9-22(39)31(48)40-13-8-10-23(40)33(50)51/h16-26,41-43H,7-15,34H2,1-6H3,(H,35,45)(H,36,46)(H,37,44)(H,38,47)(H,50,51)/t17-,18-,19-,20+,21+,22+,23+,24+,25+,26+/m1/s1. The van der Waals surface area contributed by atoms with E-state index in [2.05, 4.69) is 21.3 Å². The number of carboxylic acid groups (broad SMARTS) is 1. The highest BCUT2D eigenvalue weighted by Gasteiger charge is 2.45. The molecule has 6 amide bonds. The van der Waals surface area contributed by atoms with Crippen LogP contribution >= 0.6 is 11.8 Å². The molecule has 0 unspecified atom stereocenters. The van der Waals surface area contributed by atoms with E-state index in [4.69, 9.17) is 5.73 Å². The molecule has 0 radical (unpaired) electrons. The van der Waals surface area contributed by atoms with Crippen LogP contribution in [-0.2, 0) is 33.6 Å². The van der Waals surface area contributed by atoms with Gasteiger partial charge in [-0.05, 0) is 77.2 Å². The van der Waals surface area contributed by atoms with Crippen LogP contribution in [-0.4, -0.2) is 157 Å². The molecule has 2 saturated heterocycles. The number of rotatable bonds is 19. The predicted octanol–water partition coefficient (Wildman–Crippen LogP) is -2.74. The smallest absolute Gasteiger partial charge is 0.326 e. The lowest BCUT2D eigenvalue weighted by molar-refractivity contribution is -0.153. The summed E-state index contributed by atoms with van der Waals surface area (Å²) >= 11 is 1.38. The molecule has 19 heteroatoms. The fourth-order valence-corrected chi connectivity index (χ4v) is 6.67. The maximum Gasteiger partial charge on any atom is 0.326 e. The molecule has 2 fully saturated rings. The van der Waals surface area contributed by atoms with Crippen LogP contribution in [0.3, 0.4) is 0 Å². The summed E-state index contributed by atoms with van der Waals surface area (Å²) in [5.74, 6) is -5.48. The van der Waals surface area contributed by atoms with E-state index >= 15 is 0 Å². The summed E-state index contributed by atoms with van der Waals surface area (Å²) in [6.07, 6.45) is -0.632. The Morgan fingerprint density at radius 1 is 0.712 bits per heavy atom. The van der Waals surface area contributed by atoms with Crippen molar-refractivity contribution >= 4 is 53.2 Å². The number of nitrogens with one attached hydrogen (secondary N) is 4. The monoisotopic (exact) mass is 759 g/mol. The first kappa shape index (κ1) is 44.6. The van der Waals surface area contributed by atoms with Crippen LogP contribution in [0.2, 0.25) is 0 Å². The third-order valence-electron chi connectivity index (χ3n) is 9.16. The molecule has 2 aliphatic heterocycles. The normalized spacial score (nSPS) is 22.0. The minimum absolute atomic E-state index is 0.0685. The zero-order chi connectivity index (χ0) is 39.4. The SMILES string of the molecule is CSCC[C@H](NC(=O)[C@H](CC(C)C)NC(=O)[C@@H](N)[C@@H](C)O)C(=O)N[C@H](C(=O)N[C@H](C(=O)N1CCC[C@H]1C(=O)N1CCC[C@H]1C(=O)O)[C@@H](C)O)[C@@H](C)O. The first-order chi connectivity index (χ1) is 24.3. The molecule has 0 bridgehead atoms. The number of carbonyl (C=O) groups is 7. The van der Waals surface area contributed by atoms with Gasteiger partial charge in [0, 0.05) is 13.1 Å². The number of carbonyl (C=O) groups excluding carboxylic acids is 6. The third kappa shape index (κ3) is 12.3. The van der Waals surface area contributed by atoms with Gasteiger partial charge in [0.05, 0.1) is 18.3 Å². The lowest BCUT2D eigenvalue weighted by atomic mass is 10.0. The summed E-state index contributed by atoms with van der Waals surface area (Å²) < 4.78 is 0. The van der Waals surface area contributed by atoms with E-state index in [1.54, 1.807) is 6.26 Å². The summed E-state index contributed by atoms with van der Waals surface area (Å²) in [5, 5.41) is 50.4. The topological polar surface area (TPSA) is 281 Å². The lowest BCUT2D eigenvalue weighted by Crippen LogP contribution is -2.63. The van der Waals surface area contributed by atoms with Crippen molar-refractivity contribution < 1.29 is 54.0 Å². The minimum Gasteiger partial charge on any atom is -0.480 e. The molecule has 0 aromatic rings. The number of nitrogens with zero attached hydrogens (tertiary/aromatic N) is 2. The number of aliphatic hydroxyl groups is 3. The number of aliphatic carboxylic acids is 1. The third-order valence-corrected chi connectivity index (χ3v) is 9.80. The Hall–Kier alpha value is -3.52. The molecule has 2 rings (SSSR count). The van der Waals surface area contributed by atoms with E-state index in [-0.39, 0.29) is 44.7 Å². The van der Waals surface area contributed by atoms with Crippen molar-refractivity contribution in [1.82, 2.24) is 31.1 Å². The molecule has 0 aliphatic carbocycles. The number of amides is 6. The van der Waals surface area contributed by atoms with E-state index < -0.39 is 102 Å². The van der Waals surface area contributed by atoms with Gasteiger partial charge in [-0.3, -0.25) is 28.8 Å². The fraction of sp³-hybridized carbons (Fsp3) is 0.788. The van der Waals surface area contributed by atoms with Gasteiger partial charge in [-0.2, -0.15) is 11.8 Å². The number of carboxylic acids is 1. The number of nitrogens with two attached hydrogens (primary N) is 1. The molecular weight excluding hydrogens is 702 g/mol. The van der Waals surface area contributed by atoms with Crippen LogP contribution in [0.1, 0.15) is 73.1 Å². The molecule has 0 aromatic carbocycles. The quantitative estimate of drug-likeness (QED) is 0.0648. The molecule has 0 spiro atoms. The Bertz CT molecular complexity index is 1280. The number of aliphatic hydroxyl groups excluding tert-OH is 3. The van der Waals surface area contributed by atoms with Crippen LogP contribution in [0.15, 0.2) is 0 Å². The predicted molar refractivity (Wildman–Crippen MR) is 190 cm³/mol. The fourth-order valence-electron chi connectivity index (χ4n) is 6.20. The van der Waals surface area contributed by atoms with Gasteiger partial charge in [0.15, 0.2) is 0 Å². The summed E-state index contributed by atoms with van der Waals surface area (Å²) in [4.78, 5) is 94.4. The molecule has 10 atom stereocenters. The van der Waals surface area contributed by atoms with E-state index in [9.17, 15) is 54.0 Å². The summed E-state index contributed by atoms with van der Waals surface area (Å²) in [6.45, 7) is 7.79. The Labute approximate surface area is 308 Å². The first-order valence-corrected chi connectivity index (χ1v) is 19.1. The Balaban J connectivity index is 2.23. The number of likely N-dealkylation sites (tertiary alicyclic amines) is 2. The van der Waals surface area contributed by atoms with Crippen molar-refractivity contribution in [3.8, 4) is 0 Å². The van der Waals surface area contributed by atoms with E-state index in [1.807, 2.05) is 13.8 Å². The molecule has 296 valence electrons. The molecule has 18 nitrogen and oxygen atoms in total. The average Bonchev–Trinajstić information content (AvgIpc) is 3.77. The molecular formula is C33H57N7O11S. The first-order valence-electron chi connectivity index (χ1n) is 17.7. The van der Waals surface area contributed by atoms with Gasteiger partial charge in [-0.25, -0.2) is 4.79 Å². The maximum atomic E-state index is 13.7. The molecule has 0 aromatic heterocycles. The van der Waals surface area contributed by atoms with Crippen LogP contribution in [0.4, 0.5) is 0 Å². The van der Waals surface area contributed by atoms with Crippen molar-refractivity contribution in [1.29, 1.82) is 0 Å².